The maximum Gasteiger partial charge on any atom is 0.274 e. The van der Waals surface area contributed by atoms with E-state index in [0.717, 1.165) is 63.5 Å². The minimum absolute atomic E-state index is 0.0106. The number of piperidine rings is 1. The van der Waals surface area contributed by atoms with Crippen molar-refractivity contribution in [3.8, 4) is 0 Å². The summed E-state index contributed by atoms with van der Waals surface area (Å²) < 4.78 is 0. The highest BCUT2D eigenvalue weighted by Gasteiger charge is 2.63. The molecule has 34 heavy (non-hydrogen) atoms. The van der Waals surface area contributed by atoms with Crippen LogP contribution >= 0.6 is 0 Å². The third-order valence-corrected chi connectivity index (χ3v) is 8.74. The van der Waals surface area contributed by atoms with E-state index in [-0.39, 0.29) is 41.4 Å². The van der Waals surface area contributed by atoms with E-state index in [1.54, 1.807) is 6.92 Å². The number of fused-ring (bicyclic) bond motifs is 1. The van der Waals surface area contributed by atoms with E-state index in [0.29, 0.717) is 5.69 Å². The Morgan fingerprint density at radius 3 is 2.50 bits per heavy atom. The van der Waals surface area contributed by atoms with Gasteiger partial charge in [0, 0.05) is 30.1 Å². The fourth-order valence-corrected chi connectivity index (χ4v) is 7.19. The van der Waals surface area contributed by atoms with Gasteiger partial charge in [0.2, 0.25) is 5.91 Å². The molecule has 3 aliphatic rings. The van der Waals surface area contributed by atoms with Crippen LogP contribution in [0.15, 0.2) is 36.4 Å². The molecule has 6 nitrogen and oxygen atoms in total. The first-order valence-electron chi connectivity index (χ1n) is 13.1. The maximum atomic E-state index is 14.0. The smallest absolute Gasteiger partial charge is 0.274 e. The number of rotatable bonds is 6. The first-order chi connectivity index (χ1) is 16.4. The molecule has 182 valence electrons. The molecule has 1 aromatic heterocycles. The van der Waals surface area contributed by atoms with E-state index in [1.165, 1.54) is 5.56 Å². The zero-order valence-electron chi connectivity index (χ0n) is 20.8. The Bertz CT molecular complexity index is 1030. The van der Waals surface area contributed by atoms with Gasteiger partial charge in [0.05, 0.1) is 12.1 Å². The lowest BCUT2D eigenvalue weighted by Crippen LogP contribution is -2.61. The minimum Gasteiger partial charge on any atom is -0.334 e. The van der Waals surface area contributed by atoms with E-state index in [2.05, 4.69) is 58.1 Å². The molecule has 5 atom stereocenters. The van der Waals surface area contributed by atoms with Crippen LogP contribution in [0.5, 0.6) is 0 Å². The normalized spacial score (nSPS) is 30.3. The largest absolute Gasteiger partial charge is 0.334 e. The number of unbranched alkanes of at least 4 members (excludes halogenated alkanes) is 1. The summed E-state index contributed by atoms with van der Waals surface area (Å²) in [5, 5.41) is 7.54. The van der Waals surface area contributed by atoms with Gasteiger partial charge in [0.25, 0.3) is 5.91 Å². The van der Waals surface area contributed by atoms with Crippen molar-refractivity contribution in [2.75, 3.05) is 0 Å². The van der Waals surface area contributed by atoms with Gasteiger partial charge >= 0.3 is 0 Å². The summed E-state index contributed by atoms with van der Waals surface area (Å²) in [6, 6.07) is 12.7. The molecule has 0 spiro atoms. The standard InChI is InChI=1S/C28H38N4O2/c1-4-5-13-21-17-22(30-29-21)27(34)32-24-18-28(3)25(14-9-10-15-26(28)32)31(19(2)33)23(24)16-20-11-7-6-8-12-20/h6-8,11-12,17,23-26H,4-5,9-10,13-16,18H2,1-3H3,(H,29,30)/t23-,24+,25-,26+,28-/m1/s1. The number of aromatic nitrogens is 2. The lowest BCUT2D eigenvalue weighted by Gasteiger charge is -2.50. The zero-order valence-corrected chi connectivity index (χ0v) is 20.8. The Labute approximate surface area is 203 Å². The number of aromatic amines is 1. The molecule has 3 heterocycles. The first-order valence-corrected chi connectivity index (χ1v) is 13.1. The number of benzene rings is 1. The topological polar surface area (TPSA) is 69.3 Å². The number of nitrogens with one attached hydrogen (secondary N) is 1. The second kappa shape index (κ2) is 9.20. The molecule has 2 amide bonds. The fraction of sp³-hybridized carbons (Fsp3) is 0.607. The lowest BCUT2D eigenvalue weighted by molar-refractivity contribution is -0.141. The number of H-pyrrole nitrogens is 1. The number of aryl methyl sites for hydroxylation is 1. The maximum absolute atomic E-state index is 14.0. The SMILES string of the molecule is CCCCc1cc(C(=O)N2[C@H]3CCCC[C@H]4N(C(C)=O)[C@H](Cc5ccccc5)[C@@H]2C[C@@]34C)n[nH]1. The van der Waals surface area contributed by atoms with Gasteiger partial charge in [0.15, 0.2) is 0 Å². The first kappa shape index (κ1) is 23.1. The molecular formula is C28H38N4O2. The van der Waals surface area contributed by atoms with E-state index in [1.807, 2.05) is 12.1 Å². The predicted octanol–water partition coefficient (Wildman–Crippen LogP) is 4.76. The Hall–Kier alpha value is -2.63. The summed E-state index contributed by atoms with van der Waals surface area (Å²) in [5.41, 5.74) is 2.70. The molecule has 5 rings (SSSR count). The Kier molecular flexibility index (Phi) is 6.26. The van der Waals surface area contributed by atoms with Crippen LogP contribution in [0.1, 0.15) is 87.5 Å². The van der Waals surface area contributed by atoms with Crippen molar-refractivity contribution in [3.63, 3.8) is 0 Å². The van der Waals surface area contributed by atoms with Crippen molar-refractivity contribution < 1.29 is 9.59 Å². The summed E-state index contributed by atoms with van der Waals surface area (Å²) >= 11 is 0. The van der Waals surface area contributed by atoms with Crippen molar-refractivity contribution in [2.24, 2.45) is 5.41 Å². The molecule has 2 bridgehead atoms. The Morgan fingerprint density at radius 1 is 1.12 bits per heavy atom. The van der Waals surface area contributed by atoms with E-state index < -0.39 is 0 Å². The fourth-order valence-electron chi connectivity index (χ4n) is 7.19. The molecule has 2 aliphatic heterocycles. The van der Waals surface area contributed by atoms with Crippen molar-refractivity contribution >= 4 is 11.8 Å². The number of carbonyl (C=O) groups is 2. The number of hydrogen-bond donors (Lipinski definition) is 1. The van der Waals surface area contributed by atoms with E-state index in [4.69, 9.17) is 0 Å². The van der Waals surface area contributed by atoms with Crippen LogP contribution in [-0.2, 0) is 17.6 Å². The lowest BCUT2D eigenvalue weighted by atomic mass is 9.69. The molecule has 2 aromatic rings. The molecular weight excluding hydrogens is 424 g/mol. The number of amides is 2. The number of nitrogens with zero attached hydrogens (tertiary/aromatic N) is 3. The van der Waals surface area contributed by atoms with Crippen molar-refractivity contribution in [1.82, 2.24) is 20.0 Å². The second-order valence-corrected chi connectivity index (χ2v) is 10.9. The van der Waals surface area contributed by atoms with Gasteiger partial charge in [-0.15, -0.1) is 0 Å². The van der Waals surface area contributed by atoms with Crippen LogP contribution in [0, 0.1) is 5.41 Å². The van der Waals surface area contributed by atoms with Crippen molar-refractivity contribution in [3.05, 3.63) is 53.3 Å². The van der Waals surface area contributed by atoms with Crippen LogP contribution in [0.4, 0.5) is 0 Å². The Morgan fingerprint density at radius 2 is 1.82 bits per heavy atom. The number of likely N-dealkylation sites (tertiary alicyclic amines) is 2. The molecule has 1 aliphatic carbocycles. The van der Waals surface area contributed by atoms with Gasteiger partial charge in [0.1, 0.15) is 5.69 Å². The summed E-state index contributed by atoms with van der Waals surface area (Å²) in [5.74, 6) is 0.167. The number of carbonyl (C=O) groups excluding carboxylic acids is 2. The highest BCUT2D eigenvalue weighted by Crippen LogP contribution is 2.55. The van der Waals surface area contributed by atoms with Crippen molar-refractivity contribution in [2.45, 2.75) is 103 Å². The highest BCUT2D eigenvalue weighted by molar-refractivity contribution is 5.93. The number of hydrogen-bond acceptors (Lipinski definition) is 3. The van der Waals surface area contributed by atoms with Gasteiger partial charge in [-0.05, 0) is 50.2 Å². The quantitative estimate of drug-likeness (QED) is 0.673. The molecule has 1 aromatic carbocycles. The van der Waals surface area contributed by atoms with Crippen LogP contribution < -0.4 is 0 Å². The molecule has 0 unspecified atom stereocenters. The summed E-state index contributed by atoms with van der Waals surface area (Å²) in [4.78, 5) is 31.5. The second-order valence-electron chi connectivity index (χ2n) is 10.9. The van der Waals surface area contributed by atoms with Crippen LogP contribution in [0.25, 0.3) is 0 Å². The molecule has 0 radical (unpaired) electrons. The van der Waals surface area contributed by atoms with Crippen molar-refractivity contribution in [1.29, 1.82) is 0 Å². The molecule has 2 saturated heterocycles. The monoisotopic (exact) mass is 462 g/mol. The van der Waals surface area contributed by atoms with Gasteiger partial charge in [-0.2, -0.15) is 5.10 Å². The van der Waals surface area contributed by atoms with Crippen LogP contribution in [0.3, 0.4) is 0 Å². The predicted molar refractivity (Wildman–Crippen MR) is 132 cm³/mol. The summed E-state index contributed by atoms with van der Waals surface area (Å²) in [6.45, 7) is 6.22. The Balaban J connectivity index is 1.54. The van der Waals surface area contributed by atoms with E-state index in [9.17, 15) is 9.59 Å². The van der Waals surface area contributed by atoms with Gasteiger partial charge in [-0.25, -0.2) is 0 Å². The summed E-state index contributed by atoms with van der Waals surface area (Å²) in [7, 11) is 0. The highest BCUT2D eigenvalue weighted by atomic mass is 16.2. The molecule has 6 heteroatoms. The van der Waals surface area contributed by atoms with E-state index >= 15 is 0 Å². The van der Waals surface area contributed by atoms with Gasteiger partial charge in [-0.1, -0.05) is 63.4 Å². The zero-order chi connectivity index (χ0) is 23.9. The third-order valence-electron chi connectivity index (χ3n) is 8.74. The van der Waals surface area contributed by atoms with Crippen LogP contribution in [0.2, 0.25) is 0 Å². The third kappa shape index (κ3) is 3.85. The molecule has 1 saturated carbocycles. The molecule has 1 N–H and O–H groups in total. The minimum atomic E-state index is -0.0724. The average Bonchev–Trinajstić information content (AvgIpc) is 3.35. The summed E-state index contributed by atoms with van der Waals surface area (Å²) in [6.07, 6.45) is 9.08. The molecule has 3 fully saturated rings. The van der Waals surface area contributed by atoms with Gasteiger partial charge in [-0.3, -0.25) is 14.7 Å². The van der Waals surface area contributed by atoms with Gasteiger partial charge < -0.3 is 9.80 Å². The van der Waals surface area contributed by atoms with Crippen LogP contribution in [-0.4, -0.2) is 56.0 Å². The average molecular weight is 463 g/mol.